The number of nitrogens with one attached hydrogen (secondary N) is 2. The van der Waals surface area contributed by atoms with E-state index in [2.05, 4.69) is 20.7 Å². The molecule has 0 aliphatic carbocycles. The second kappa shape index (κ2) is 10.3. The number of nitrogens with two attached hydrogens (primary N) is 1. The maximum absolute atomic E-state index is 14.9. The van der Waals surface area contributed by atoms with Crippen LogP contribution in [-0.2, 0) is 11.2 Å². The maximum atomic E-state index is 14.9. The Bertz CT molecular complexity index is 1640. The van der Waals surface area contributed by atoms with Crippen LogP contribution in [0, 0.1) is 11.6 Å². The van der Waals surface area contributed by atoms with Crippen LogP contribution >= 0.6 is 0 Å². The molecule has 0 saturated carbocycles. The fourth-order valence-corrected chi connectivity index (χ4v) is 3.78. The predicted octanol–water partition coefficient (Wildman–Crippen LogP) is 4.94. The lowest BCUT2D eigenvalue weighted by Gasteiger charge is -2.11. The number of imide groups is 1. The van der Waals surface area contributed by atoms with Gasteiger partial charge in [-0.05, 0) is 53.6 Å². The van der Waals surface area contributed by atoms with Gasteiger partial charge in [0.15, 0.2) is 11.6 Å². The summed E-state index contributed by atoms with van der Waals surface area (Å²) in [6, 6.07) is 17.3. The van der Waals surface area contributed by atoms with E-state index in [1.54, 1.807) is 22.8 Å². The molecule has 0 radical (unpaired) electrons. The van der Waals surface area contributed by atoms with Crippen LogP contribution < -0.4 is 21.1 Å². The Morgan fingerprint density at radius 1 is 0.974 bits per heavy atom. The number of ether oxygens (including phenoxy) is 1. The quantitative estimate of drug-likeness (QED) is 0.276. The Balaban J connectivity index is 1.28. The number of amides is 3. The van der Waals surface area contributed by atoms with Gasteiger partial charge in [-0.1, -0.05) is 24.3 Å². The molecule has 0 unspecified atom stereocenters. The molecule has 0 aliphatic rings. The number of benzene rings is 3. The molecule has 38 heavy (non-hydrogen) atoms. The number of hydrogen-bond acceptors (Lipinski definition) is 6. The number of carbonyl (C=O) groups excluding carboxylic acids is 2. The van der Waals surface area contributed by atoms with Gasteiger partial charge in [-0.2, -0.15) is 10.1 Å². The fraction of sp³-hybridized carbons (Fsp3) is 0.0370. The topological polar surface area (TPSA) is 124 Å². The SMILES string of the molecule is Nc1ccc(-c2ccn3ncnc(Oc4ccc(NC(=O)NC(=O)Cc5ccc(F)cc5)cc4F)c23)cc1. The van der Waals surface area contributed by atoms with E-state index >= 15 is 0 Å². The monoisotopic (exact) mass is 514 g/mol. The first-order chi connectivity index (χ1) is 18.4. The molecule has 2 heterocycles. The van der Waals surface area contributed by atoms with Crippen molar-refractivity contribution in [3.8, 4) is 22.8 Å². The van der Waals surface area contributed by atoms with Crippen molar-refractivity contribution in [1.29, 1.82) is 0 Å². The van der Waals surface area contributed by atoms with Gasteiger partial charge in [-0.15, -0.1) is 0 Å². The first kappa shape index (κ1) is 24.4. The van der Waals surface area contributed by atoms with Crippen LogP contribution in [-0.4, -0.2) is 26.5 Å². The average Bonchev–Trinajstić information content (AvgIpc) is 3.32. The third kappa shape index (κ3) is 5.41. The zero-order valence-corrected chi connectivity index (χ0v) is 19.7. The summed E-state index contributed by atoms with van der Waals surface area (Å²) < 4.78 is 35.3. The molecule has 0 bridgehead atoms. The van der Waals surface area contributed by atoms with Crippen LogP contribution in [0.3, 0.4) is 0 Å². The molecular formula is C27H20F2N6O3. The molecule has 9 nitrogen and oxygen atoms in total. The molecule has 4 N–H and O–H groups in total. The van der Waals surface area contributed by atoms with Crippen molar-refractivity contribution in [1.82, 2.24) is 19.9 Å². The zero-order chi connectivity index (χ0) is 26.6. The molecule has 3 aromatic carbocycles. The van der Waals surface area contributed by atoms with Crippen LogP contribution in [0.5, 0.6) is 11.6 Å². The van der Waals surface area contributed by atoms with Crippen molar-refractivity contribution in [2.45, 2.75) is 6.42 Å². The van der Waals surface area contributed by atoms with Gasteiger partial charge in [-0.3, -0.25) is 10.1 Å². The highest BCUT2D eigenvalue weighted by Crippen LogP contribution is 2.34. The van der Waals surface area contributed by atoms with Crippen molar-refractivity contribution in [3.63, 3.8) is 0 Å². The van der Waals surface area contributed by atoms with E-state index in [0.29, 0.717) is 16.8 Å². The number of nitrogens with zero attached hydrogens (tertiary/aromatic N) is 3. The highest BCUT2D eigenvalue weighted by molar-refractivity contribution is 6.01. The number of carbonyl (C=O) groups is 2. The van der Waals surface area contributed by atoms with Gasteiger partial charge < -0.3 is 15.8 Å². The summed E-state index contributed by atoms with van der Waals surface area (Å²) in [6.07, 6.45) is 2.89. The second-order valence-electron chi connectivity index (χ2n) is 8.26. The fourth-order valence-electron chi connectivity index (χ4n) is 3.78. The Hall–Kier alpha value is -5.32. The summed E-state index contributed by atoms with van der Waals surface area (Å²) in [6.45, 7) is 0. The summed E-state index contributed by atoms with van der Waals surface area (Å²) in [7, 11) is 0. The molecule has 5 aromatic rings. The minimum Gasteiger partial charge on any atom is -0.434 e. The number of anilines is 2. The highest BCUT2D eigenvalue weighted by atomic mass is 19.1. The third-order valence-electron chi connectivity index (χ3n) is 5.57. The third-order valence-corrected chi connectivity index (χ3v) is 5.57. The van der Waals surface area contributed by atoms with Crippen molar-refractivity contribution < 1.29 is 23.1 Å². The molecule has 190 valence electrons. The van der Waals surface area contributed by atoms with Crippen LogP contribution in [0.1, 0.15) is 5.56 Å². The van der Waals surface area contributed by atoms with Crippen LogP contribution in [0.2, 0.25) is 0 Å². The number of rotatable bonds is 6. The van der Waals surface area contributed by atoms with Gasteiger partial charge >= 0.3 is 6.03 Å². The molecule has 5 rings (SSSR count). The molecule has 11 heteroatoms. The van der Waals surface area contributed by atoms with Gasteiger partial charge in [0.1, 0.15) is 17.7 Å². The number of nitrogen functional groups attached to an aromatic ring is 1. The van der Waals surface area contributed by atoms with E-state index in [9.17, 15) is 18.4 Å². The van der Waals surface area contributed by atoms with E-state index in [1.807, 2.05) is 18.2 Å². The van der Waals surface area contributed by atoms with E-state index in [4.69, 9.17) is 10.5 Å². The van der Waals surface area contributed by atoms with E-state index in [0.717, 1.165) is 17.2 Å². The molecular weight excluding hydrogens is 494 g/mol. The van der Waals surface area contributed by atoms with Crippen LogP contribution in [0.15, 0.2) is 85.3 Å². The molecule has 0 aliphatic heterocycles. The minimum atomic E-state index is -0.844. The predicted molar refractivity (Wildman–Crippen MR) is 137 cm³/mol. The number of fused-ring (bicyclic) bond motifs is 1. The summed E-state index contributed by atoms with van der Waals surface area (Å²) in [4.78, 5) is 28.4. The Labute approximate surface area is 214 Å². The van der Waals surface area contributed by atoms with E-state index in [-0.39, 0.29) is 23.7 Å². The maximum Gasteiger partial charge on any atom is 0.325 e. The Morgan fingerprint density at radius 2 is 1.74 bits per heavy atom. The lowest BCUT2D eigenvalue weighted by molar-refractivity contribution is -0.119. The standard InChI is InChI=1S/C27H20F2N6O3/c28-18-5-1-16(2-6-18)13-24(36)34-27(37)33-20-9-10-23(22(29)14-20)38-26-25-21(11-12-35(25)32-15-31-26)17-3-7-19(30)8-4-17/h1-12,14-15H,13,30H2,(H2,33,34,36,37). The van der Waals surface area contributed by atoms with E-state index in [1.165, 1.54) is 42.7 Å². The van der Waals surface area contributed by atoms with Gasteiger partial charge in [0.2, 0.25) is 11.8 Å². The summed E-state index contributed by atoms with van der Waals surface area (Å²) in [5.41, 5.74) is 9.18. The zero-order valence-electron chi connectivity index (χ0n) is 19.7. The van der Waals surface area contributed by atoms with Gasteiger partial charge in [0.05, 0.1) is 6.42 Å². The van der Waals surface area contributed by atoms with E-state index < -0.39 is 23.6 Å². The molecule has 0 atom stereocenters. The van der Waals surface area contributed by atoms with Crippen molar-refractivity contribution in [2.75, 3.05) is 11.1 Å². The Morgan fingerprint density at radius 3 is 2.47 bits per heavy atom. The molecule has 0 saturated heterocycles. The molecule has 0 fully saturated rings. The number of halogens is 2. The highest BCUT2D eigenvalue weighted by Gasteiger charge is 2.16. The Kier molecular flexibility index (Phi) is 6.64. The number of urea groups is 1. The molecule has 2 aromatic heterocycles. The average molecular weight is 514 g/mol. The summed E-state index contributed by atoms with van der Waals surface area (Å²) in [5, 5.41) is 8.72. The number of aromatic nitrogens is 3. The number of hydrogen-bond donors (Lipinski definition) is 3. The largest absolute Gasteiger partial charge is 0.434 e. The first-order valence-electron chi connectivity index (χ1n) is 11.4. The molecule has 3 amide bonds. The normalized spacial score (nSPS) is 10.8. The lowest BCUT2D eigenvalue weighted by Crippen LogP contribution is -2.35. The van der Waals surface area contributed by atoms with Gasteiger partial charge in [0.25, 0.3) is 0 Å². The lowest BCUT2D eigenvalue weighted by atomic mass is 10.1. The summed E-state index contributed by atoms with van der Waals surface area (Å²) in [5.74, 6) is -1.81. The van der Waals surface area contributed by atoms with Crippen molar-refractivity contribution >= 4 is 28.8 Å². The second-order valence-corrected chi connectivity index (χ2v) is 8.26. The summed E-state index contributed by atoms with van der Waals surface area (Å²) >= 11 is 0. The van der Waals surface area contributed by atoms with Crippen molar-refractivity contribution in [3.05, 3.63) is 103 Å². The smallest absolute Gasteiger partial charge is 0.325 e. The minimum absolute atomic E-state index is 0.0972. The van der Waals surface area contributed by atoms with Crippen LogP contribution in [0.4, 0.5) is 25.0 Å². The van der Waals surface area contributed by atoms with Gasteiger partial charge in [0, 0.05) is 29.2 Å². The van der Waals surface area contributed by atoms with Crippen molar-refractivity contribution in [2.24, 2.45) is 0 Å². The molecule has 0 spiro atoms. The van der Waals surface area contributed by atoms with Crippen LogP contribution in [0.25, 0.3) is 16.6 Å². The first-order valence-corrected chi connectivity index (χ1v) is 11.4. The van der Waals surface area contributed by atoms with Gasteiger partial charge in [-0.25, -0.2) is 18.1 Å².